The number of hydrogen-bond donors (Lipinski definition) is 1. The first kappa shape index (κ1) is 15.3. The first-order valence-corrected chi connectivity index (χ1v) is 6.39. The van der Waals surface area contributed by atoms with E-state index in [1.54, 1.807) is 0 Å². The highest BCUT2D eigenvalue weighted by molar-refractivity contribution is 5.84. The number of amides is 1. The van der Waals surface area contributed by atoms with Crippen LogP contribution in [0.4, 0.5) is 13.2 Å². The maximum absolute atomic E-state index is 12.1. The van der Waals surface area contributed by atoms with Crippen LogP contribution in [0.15, 0.2) is 0 Å². The van der Waals surface area contributed by atoms with Crippen molar-refractivity contribution in [1.82, 2.24) is 10.2 Å². The van der Waals surface area contributed by atoms with Gasteiger partial charge >= 0.3 is 6.18 Å². The van der Waals surface area contributed by atoms with Gasteiger partial charge in [0.2, 0.25) is 5.91 Å². The SMILES string of the molecule is CCC(C)C1NC(C)N(CCCC(F)(F)F)C1=O. The predicted octanol–water partition coefficient (Wildman–Crippen LogP) is 2.52. The summed E-state index contributed by atoms with van der Waals surface area (Å²) < 4.78 is 36.2. The number of carbonyl (C=O) groups is 1. The molecule has 3 unspecified atom stereocenters. The first-order valence-electron chi connectivity index (χ1n) is 6.39. The summed E-state index contributed by atoms with van der Waals surface area (Å²) in [6.45, 7) is 5.95. The highest BCUT2D eigenvalue weighted by Gasteiger charge is 2.39. The molecule has 1 saturated heterocycles. The Balaban J connectivity index is 2.49. The van der Waals surface area contributed by atoms with E-state index in [0.717, 1.165) is 6.42 Å². The molecule has 1 aliphatic rings. The van der Waals surface area contributed by atoms with Gasteiger partial charge in [-0.2, -0.15) is 13.2 Å². The van der Waals surface area contributed by atoms with E-state index in [9.17, 15) is 18.0 Å². The van der Waals surface area contributed by atoms with Gasteiger partial charge in [-0.3, -0.25) is 10.1 Å². The third kappa shape index (κ3) is 3.86. The molecular formula is C12H21F3N2O. The Kier molecular flexibility index (Phi) is 5.01. The van der Waals surface area contributed by atoms with Crippen LogP contribution in [-0.2, 0) is 4.79 Å². The van der Waals surface area contributed by atoms with Crippen LogP contribution in [0.25, 0.3) is 0 Å². The standard InChI is InChI=1S/C12H21F3N2O/c1-4-8(2)10-11(18)17(9(3)16-10)7-5-6-12(13,14)15/h8-10,16H,4-7H2,1-3H3. The third-order valence-corrected chi connectivity index (χ3v) is 3.51. The molecule has 18 heavy (non-hydrogen) atoms. The summed E-state index contributed by atoms with van der Waals surface area (Å²) in [5.41, 5.74) is 0. The van der Waals surface area contributed by atoms with Gasteiger partial charge in [0.05, 0.1) is 12.2 Å². The van der Waals surface area contributed by atoms with Crippen molar-refractivity contribution in [3.63, 3.8) is 0 Å². The molecule has 1 amide bonds. The Labute approximate surface area is 106 Å². The molecule has 1 heterocycles. The number of alkyl halides is 3. The number of nitrogens with one attached hydrogen (secondary N) is 1. The Hall–Kier alpha value is -0.780. The largest absolute Gasteiger partial charge is 0.389 e. The van der Waals surface area contributed by atoms with Crippen LogP contribution in [-0.4, -0.2) is 35.7 Å². The van der Waals surface area contributed by atoms with Gasteiger partial charge in [0, 0.05) is 13.0 Å². The highest BCUT2D eigenvalue weighted by atomic mass is 19.4. The van der Waals surface area contributed by atoms with E-state index in [1.165, 1.54) is 4.90 Å². The molecule has 1 fully saturated rings. The Morgan fingerprint density at radius 1 is 1.44 bits per heavy atom. The minimum atomic E-state index is -4.14. The van der Waals surface area contributed by atoms with E-state index in [-0.39, 0.29) is 37.0 Å². The van der Waals surface area contributed by atoms with Crippen molar-refractivity contribution in [2.45, 2.75) is 58.4 Å². The Bertz CT molecular complexity index is 294. The van der Waals surface area contributed by atoms with Gasteiger partial charge in [0.1, 0.15) is 0 Å². The number of rotatable bonds is 5. The number of halogens is 3. The van der Waals surface area contributed by atoms with E-state index in [1.807, 2.05) is 20.8 Å². The molecule has 106 valence electrons. The minimum Gasteiger partial charge on any atom is -0.326 e. The monoisotopic (exact) mass is 266 g/mol. The summed E-state index contributed by atoms with van der Waals surface area (Å²) in [5, 5.41) is 3.15. The van der Waals surface area contributed by atoms with Crippen LogP contribution in [0.3, 0.4) is 0 Å². The van der Waals surface area contributed by atoms with Crippen LogP contribution in [0.2, 0.25) is 0 Å². The predicted molar refractivity (Wildman–Crippen MR) is 62.8 cm³/mol. The lowest BCUT2D eigenvalue weighted by atomic mass is 9.99. The average molecular weight is 266 g/mol. The second-order valence-electron chi connectivity index (χ2n) is 4.96. The van der Waals surface area contributed by atoms with Crippen molar-refractivity contribution in [1.29, 1.82) is 0 Å². The van der Waals surface area contributed by atoms with Gasteiger partial charge in [-0.25, -0.2) is 0 Å². The van der Waals surface area contributed by atoms with Gasteiger partial charge < -0.3 is 4.90 Å². The van der Waals surface area contributed by atoms with Crippen molar-refractivity contribution in [3.05, 3.63) is 0 Å². The van der Waals surface area contributed by atoms with Crippen LogP contribution < -0.4 is 5.32 Å². The van der Waals surface area contributed by atoms with E-state index in [4.69, 9.17) is 0 Å². The minimum absolute atomic E-state index is 0.0332. The molecule has 0 aromatic heterocycles. The summed E-state index contributed by atoms with van der Waals surface area (Å²) in [7, 11) is 0. The first-order chi connectivity index (χ1) is 8.26. The van der Waals surface area contributed by atoms with Crippen LogP contribution >= 0.6 is 0 Å². The summed E-state index contributed by atoms with van der Waals surface area (Å²) >= 11 is 0. The van der Waals surface area contributed by atoms with Crippen molar-refractivity contribution in [3.8, 4) is 0 Å². The molecule has 0 aliphatic carbocycles. The zero-order valence-corrected chi connectivity index (χ0v) is 11.0. The van der Waals surface area contributed by atoms with Gasteiger partial charge in [-0.1, -0.05) is 20.3 Å². The molecule has 1 N–H and O–H groups in total. The lowest BCUT2D eigenvalue weighted by molar-refractivity contribution is -0.140. The number of carbonyl (C=O) groups excluding carboxylic acids is 1. The van der Waals surface area contributed by atoms with Crippen molar-refractivity contribution < 1.29 is 18.0 Å². The summed E-state index contributed by atoms with van der Waals surface area (Å²) in [4.78, 5) is 13.6. The van der Waals surface area contributed by atoms with E-state index in [0.29, 0.717) is 0 Å². The number of hydrogen-bond acceptors (Lipinski definition) is 2. The second-order valence-corrected chi connectivity index (χ2v) is 4.96. The molecule has 0 aromatic rings. The molecule has 3 atom stereocenters. The van der Waals surface area contributed by atoms with Crippen LogP contribution in [0.1, 0.15) is 40.0 Å². The van der Waals surface area contributed by atoms with E-state index < -0.39 is 12.6 Å². The van der Waals surface area contributed by atoms with Crippen molar-refractivity contribution in [2.24, 2.45) is 5.92 Å². The summed E-state index contributed by atoms with van der Waals surface area (Å²) in [5.74, 6) is 0.131. The summed E-state index contributed by atoms with van der Waals surface area (Å²) in [6.07, 6.45) is -4.32. The van der Waals surface area contributed by atoms with Crippen molar-refractivity contribution in [2.75, 3.05) is 6.54 Å². The average Bonchev–Trinajstić information content (AvgIpc) is 2.54. The molecule has 0 radical (unpaired) electrons. The Morgan fingerprint density at radius 2 is 2.06 bits per heavy atom. The molecule has 1 aliphatic heterocycles. The zero-order chi connectivity index (χ0) is 13.9. The third-order valence-electron chi connectivity index (χ3n) is 3.51. The fourth-order valence-electron chi connectivity index (χ4n) is 2.19. The van der Waals surface area contributed by atoms with Gasteiger partial charge in [0.25, 0.3) is 0 Å². The molecular weight excluding hydrogens is 245 g/mol. The fraction of sp³-hybridized carbons (Fsp3) is 0.917. The molecule has 0 aromatic carbocycles. The molecule has 3 nitrogen and oxygen atoms in total. The smallest absolute Gasteiger partial charge is 0.326 e. The molecule has 6 heteroatoms. The highest BCUT2D eigenvalue weighted by Crippen LogP contribution is 2.24. The molecule has 0 spiro atoms. The lowest BCUT2D eigenvalue weighted by Gasteiger charge is -2.21. The van der Waals surface area contributed by atoms with Gasteiger partial charge in [-0.15, -0.1) is 0 Å². The lowest BCUT2D eigenvalue weighted by Crippen LogP contribution is -2.36. The molecule has 0 saturated carbocycles. The van der Waals surface area contributed by atoms with Crippen LogP contribution in [0, 0.1) is 5.92 Å². The zero-order valence-electron chi connectivity index (χ0n) is 11.0. The summed E-state index contributed by atoms with van der Waals surface area (Å²) in [6, 6.07) is -0.254. The molecule has 1 rings (SSSR count). The second kappa shape index (κ2) is 5.91. The van der Waals surface area contributed by atoms with E-state index in [2.05, 4.69) is 5.32 Å². The van der Waals surface area contributed by atoms with Gasteiger partial charge in [-0.05, 0) is 19.3 Å². The molecule has 0 bridgehead atoms. The van der Waals surface area contributed by atoms with Gasteiger partial charge in [0.15, 0.2) is 0 Å². The van der Waals surface area contributed by atoms with E-state index >= 15 is 0 Å². The normalized spacial score (nSPS) is 26.8. The topological polar surface area (TPSA) is 32.3 Å². The fourth-order valence-corrected chi connectivity index (χ4v) is 2.19. The quantitative estimate of drug-likeness (QED) is 0.829. The van der Waals surface area contributed by atoms with Crippen LogP contribution in [0.5, 0.6) is 0 Å². The van der Waals surface area contributed by atoms with Crippen molar-refractivity contribution >= 4 is 5.91 Å². The maximum atomic E-state index is 12.1. The number of nitrogens with zero attached hydrogens (tertiary/aromatic N) is 1. The Morgan fingerprint density at radius 3 is 2.56 bits per heavy atom. The maximum Gasteiger partial charge on any atom is 0.389 e.